The maximum Gasteiger partial charge on any atom is 0.220 e. The Bertz CT molecular complexity index is 185. The fourth-order valence-corrected chi connectivity index (χ4v) is 1.68. The van der Waals surface area contributed by atoms with E-state index in [0.717, 1.165) is 26.1 Å². The van der Waals surface area contributed by atoms with Crippen LogP contribution in [0.15, 0.2) is 0 Å². The molecule has 0 aromatic heterocycles. The van der Waals surface area contributed by atoms with Crippen LogP contribution in [0.5, 0.6) is 0 Å². The highest BCUT2D eigenvalue weighted by Gasteiger charge is 2.19. The third kappa shape index (κ3) is 4.07. The van der Waals surface area contributed by atoms with E-state index in [9.17, 15) is 4.79 Å². The second-order valence-electron chi connectivity index (χ2n) is 4.02. The first-order valence-electron chi connectivity index (χ1n) is 5.21. The van der Waals surface area contributed by atoms with E-state index >= 15 is 0 Å². The molecule has 1 rings (SSSR count). The molecule has 1 aliphatic rings. The van der Waals surface area contributed by atoms with Gasteiger partial charge in [0.2, 0.25) is 5.91 Å². The summed E-state index contributed by atoms with van der Waals surface area (Å²) in [6.07, 6.45) is 1.64. The minimum absolute atomic E-state index is 0.182. The van der Waals surface area contributed by atoms with Crippen LogP contribution in [-0.2, 0) is 9.53 Å². The minimum Gasteiger partial charge on any atom is -0.384 e. The second-order valence-corrected chi connectivity index (χ2v) is 4.02. The Morgan fingerprint density at radius 2 is 2.50 bits per heavy atom. The lowest BCUT2D eigenvalue weighted by molar-refractivity contribution is -0.119. The number of carbonyl (C=O) groups is 1. The van der Waals surface area contributed by atoms with E-state index in [0.29, 0.717) is 18.4 Å². The molecule has 14 heavy (non-hydrogen) atoms. The zero-order chi connectivity index (χ0) is 10.4. The summed E-state index contributed by atoms with van der Waals surface area (Å²) in [5, 5.41) is 6.26. The zero-order valence-corrected chi connectivity index (χ0v) is 9.01. The summed E-state index contributed by atoms with van der Waals surface area (Å²) in [5.74, 6) is 0.707. The summed E-state index contributed by atoms with van der Waals surface area (Å²) in [4.78, 5) is 10.9. The maximum atomic E-state index is 10.9. The number of nitrogens with one attached hydrogen (secondary N) is 2. The van der Waals surface area contributed by atoms with Crippen molar-refractivity contribution in [3.8, 4) is 0 Å². The molecule has 0 radical (unpaired) electrons. The molecule has 0 spiro atoms. The largest absolute Gasteiger partial charge is 0.384 e. The van der Waals surface area contributed by atoms with Crippen molar-refractivity contribution in [2.75, 3.05) is 26.8 Å². The van der Waals surface area contributed by atoms with Crippen LogP contribution in [0.2, 0.25) is 0 Å². The number of hydrogen-bond acceptors (Lipinski definition) is 3. The van der Waals surface area contributed by atoms with E-state index in [1.165, 1.54) is 0 Å². The van der Waals surface area contributed by atoms with Gasteiger partial charge in [0.1, 0.15) is 0 Å². The lowest BCUT2D eigenvalue weighted by Crippen LogP contribution is -2.37. The third-order valence-electron chi connectivity index (χ3n) is 2.42. The van der Waals surface area contributed by atoms with Gasteiger partial charge in [-0.3, -0.25) is 4.79 Å². The quantitative estimate of drug-likeness (QED) is 0.641. The average Bonchev–Trinajstić information content (AvgIpc) is 2.52. The van der Waals surface area contributed by atoms with Crippen molar-refractivity contribution >= 4 is 5.91 Å². The number of hydrogen-bond donors (Lipinski definition) is 2. The van der Waals surface area contributed by atoms with Gasteiger partial charge >= 0.3 is 0 Å². The van der Waals surface area contributed by atoms with Gasteiger partial charge in [-0.1, -0.05) is 6.92 Å². The van der Waals surface area contributed by atoms with Gasteiger partial charge in [-0.15, -0.1) is 0 Å². The normalized spacial score (nSPS) is 23.6. The molecule has 0 saturated carbocycles. The smallest absolute Gasteiger partial charge is 0.220 e. The molecule has 0 aromatic rings. The second kappa shape index (κ2) is 5.98. The summed E-state index contributed by atoms with van der Waals surface area (Å²) in [6.45, 7) is 4.74. The highest BCUT2D eigenvalue weighted by atomic mass is 16.5. The van der Waals surface area contributed by atoms with Crippen LogP contribution in [0.4, 0.5) is 0 Å². The predicted molar refractivity (Wildman–Crippen MR) is 55.1 cm³/mol. The van der Waals surface area contributed by atoms with Crippen LogP contribution in [0, 0.1) is 5.92 Å². The first-order chi connectivity index (χ1) is 6.72. The van der Waals surface area contributed by atoms with E-state index in [1.54, 1.807) is 7.11 Å². The average molecular weight is 200 g/mol. The van der Waals surface area contributed by atoms with Gasteiger partial charge in [0.05, 0.1) is 0 Å². The van der Waals surface area contributed by atoms with Crippen LogP contribution < -0.4 is 10.6 Å². The molecule has 2 atom stereocenters. The number of amides is 1. The number of ether oxygens (including phenoxy) is 1. The Kier molecular flexibility index (Phi) is 4.90. The van der Waals surface area contributed by atoms with Gasteiger partial charge in [0.15, 0.2) is 0 Å². The first-order valence-corrected chi connectivity index (χ1v) is 5.21. The summed E-state index contributed by atoms with van der Waals surface area (Å²) < 4.78 is 5.03. The molecule has 0 bridgehead atoms. The molecular formula is C10H20N2O2. The van der Waals surface area contributed by atoms with Gasteiger partial charge in [0, 0.05) is 32.7 Å². The molecule has 82 valence electrons. The fraction of sp³-hybridized carbons (Fsp3) is 0.900. The molecule has 1 saturated heterocycles. The van der Waals surface area contributed by atoms with Crippen LogP contribution in [0.25, 0.3) is 0 Å². The van der Waals surface area contributed by atoms with Gasteiger partial charge in [-0.05, 0) is 18.9 Å². The minimum atomic E-state index is 0.182. The molecule has 1 fully saturated rings. The third-order valence-corrected chi connectivity index (χ3v) is 2.42. The molecule has 1 heterocycles. The maximum absolute atomic E-state index is 10.9. The standard InChI is InChI=1S/C10H20N2O2/c1-8(7-14-2)5-11-6-9-3-4-10(13)12-9/h8-9,11H,3-7H2,1-2H3,(H,12,13). The van der Waals surface area contributed by atoms with Crippen molar-refractivity contribution in [3.63, 3.8) is 0 Å². The molecule has 1 amide bonds. The molecule has 2 unspecified atom stereocenters. The van der Waals surface area contributed by atoms with Crippen molar-refractivity contribution in [1.29, 1.82) is 0 Å². The SMILES string of the molecule is COCC(C)CNCC1CCC(=O)N1. The monoisotopic (exact) mass is 200 g/mol. The number of rotatable bonds is 6. The Morgan fingerprint density at radius 1 is 1.71 bits per heavy atom. The van der Waals surface area contributed by atoms with E-state index in [4.69, 9.17) is 4.74 Å². The number of carbonyl (C=O) groups excluding carboxylic acids is 1. The Labute approximate surface area is 85.4 Å². The lowest BCUT2D eigenvalue weighted by atomic mass is 10.2. The van der Waals surface area contributed by atoms with Crippen molar-refractivity contribution < 1.29 is 9.53 Å². The van der Waals surface area contributed by atoms with E-state index in [1.807, 2.05) is 0 Å². The van der Waals surface area contributed by atoms with Crippen molar-refractivity contribution in [2.45, 2.75) is 25.8 Å². The highest BCUT2D eigenvalue weighted by Crippen LogP contribution is 2.05. The van der Waals surface area contributed by atoms with E-state index in [-0.39, 0.29) is 5.91 Å². The van der Waals surface area contributed by atoms with Crippen molar-refractivity contribution in [1.82, 2.24) is 10.6 Å². The van der Waals surface area contributed by atoms with Gasteiger partial charge in [-0.2, -0.15) is 0 Å². The van der Waals surface area contributed by atoms with Gasteiger partial charge in [0.25, 0.3) is 0 Å². The summed E-state index contributed by atoms with van der Waals surface area (Å²) in [6, 6.07) is 0.331. The lowest BCUT2D eigenvalue weighted by Gasteiger charge is -2.14. The van der Waals surface area contributed by atoms with Crippen LogP contribution >= 0.6 is 0 Å². The summed E-state index contributed by atoms with van der Waals surface area (Å²) in [5.41, 5.74) is 0. The van der Waals surface area contributed by atoms with Crippen LogP contribution in [0.3, 0.4) is 0 Å². The number of methoxy groups -OCH3 is 1. The fourth-order valence-electron chi connectivity index (χ4n) is 1.68. The molecule has 4 heteroatoms. The summed E-state index contributed by atoms with van der Waals surface area (Å²) >= 11 is 0. The molecule has 2 N–H and O–H groups in total. The Hall–Kier alpha value is -0.610. The van der Waals surface area contributed by atoms with Crippen LogP contribution in [0.1, 0.15) is 19.8 Å². The van der Waals surface area contributed by atoms with E-state index < -0.39 is 0 Å². The van der Waals surface area contributed by atoms with Gasteiger partial charge < -0.3 is 15.4 Å². The molecule has 1 aliphatic heterocycles. The zero-order valence-electron chi connectivity index (χ0n) is 9.01. The molecule has 0 aliphatic carbocycles. The van der Waals surface area contributed by atoms with Crippen molar-refractivity contribution in [3.05, 3.63) is 0 Å². The van der Waals surface area contributed by atoms with E-state index in [2.05, 4.69) is 17.6 Å². The van der Waals surface area contributed by atoms with Gasteiger partial charge in [-0.25, -0.2) is 0 Å². The highest BCUT2D eigenvalue weighted by molar-refractivity contribution is 5.78. The molecule has 4 nitrogen and oxygen atoms in total. The molecular weight excluding hydrogens is 180 g/mol. The summed E-state index contributed by atoms with van der Waals surface area (Å²) in [7, 11) is 1.72. The Balaban J connectivity index is 2.01. The Morgan fingerprint density at radius 3 is 3.07 bits per heavy atom. The first kappa shape index (κ1) is 11.5. The topological polar surface area (TPSA) is 50.4 Å². The van der Waals surface area contributed by atoms with Crippen LogP contribution in [-0.4, -0.2) is 38.8 Å². The predicted octanol–water partition coefficient (Wildman–Crippen LogP) is 0.137. The van der Waals surface area contributed by atoms with Crippen molar-refractivity contribution in [2.24, 2.45) is 5.92 Å². The molecule has 0 aromatic carbocycles.